The molecule has 5 heavy (non-hydrogen) atoms. The molecule has 0 aromatic heterocycles. The summed E-state index contributed by atoms with van der Waals surface area (Å²) in [7, 11) is 0. The molecule has 0 saturated heterocycles. The molecule has 0 radical (unpaired) electrons. The fraction of sp³-hybridized carbons (Fsp3) is 1.00. The van der Waals surface area contributed by atoms with Gasteiger partial charge in [-0.2, -0.15) is 0 Å². The monoisotopic (exact) mass is 179 g/mol. The summed E-state index contributed by atoms with van der Waals surface area (Å²) in [5.41, 5.74) is 0. The molecule has 1 nitrogen and oxygen atoms in total. The van der Waals surface area contributed by atoms with E-state index in [0.717, 1.165) is 22.9 Å². The van der Waals surface area contributed by atoms with Gasteiger partial charge in [-0.15, -0.1) is 0 Å². The van der Waals surface area contributed by atoms with Gasteiger partial charge in [0.1, 0.15) is 0 Å². The first-order chi connectivity index (χ1) is 2.27. The molecule has 0 amide bonds. The Balaban J connectivity index is 2.54. The van der Waals surface area contributed by atoms with Gasteiger partial charge in [0.05, 0.1) is 0 Å². The van der Waals surface area contributed by atoms with Crippen LogP contribution < -0.4 is 0 Å². The van der Waals surface area contributed by atoms with Crippen LogP contribution >= 0.6 is 0 Å². The summed E-state index contributed by atoms with van der Waals surface area (Å²) in [4.78, 5) is 0. The molecule has 0 aliphatic heterocycles. The second-order valence-electron chi connectivity index (χ2n) is 1.17. The molecule has 0 bridgehead atoms. The second kappa shape index (κ2) is 2.97. The third kappa shape index (κ3) is 4.76. The SMILES string of the molecule is CC(C)[O][Sn+3]. The molecule has 0 heterocycles. The van der Waals surface area contributed by atoms with Crippen molar-refractivity contribution in [3.05, 3.63) is 0 Å². The van der Waals surface area contributed by atoms with E-state index in [0.29, 0.717) is 6.10 Å². The quantitative estimate of drug-likeness (QED) is 0.531. The van der Waals surface area contributed by atoms with E-state index in [2.05, 4.69) is 0 Å². The Morgan fingerprint density at radius 3 is 1.80 bits per heavy atom. The van der Waals surface area contributed by atoms with Crippen molar-refractivity contribution in [1.29, 1.82) is 0 Å². The van der Waals surface area contributed by atoms with Gasteiger partial charge in [-0.05, 0) is 0 Å². The number of hydrogen-bond donors (Lipinski definition) is 0. The fourth-order valence-corrected chi connectivity index (χ4v) is 0. The van der Waals surface area contributed by atoms with Gasteiger partial charge in [0, 0.05) is 0 Å². The van der Waals surface area contributed by atoms with Crippen LogP contribution in [0, 0.1) is 0 Å². The van der Waals surface area contributed by atoms with Crippen molar-refractivity contribution >= 4 is 22.9 Å². The first kappa shape index (κ1) is 5.76. The van der Waals surface area contributed by atoms with Gasteiger partial charge < -0.3 is 0 Å². The van der Waals surface area contributed by atoms with Gasteiger partial charge in [0.15, 0.2) is 0 Å². The minimum absolute atomic E-state index is 0.424. The van der Waals surface area contributed by atoms with Crippen molar-refractivity contribution < 1.29 is 3.07 Å². The van der Waals surface area contributed by atoms with Crippen molar-refractivity contribution in [2.75, 3.05) is 0 Å². The van der Waals surface area contributed by atoms with Crippen LogP contribution in [-0.4, -0.2) is 29.0 Å². The molecule has 0 spiro atoms. The van der Waals surface area contributed by atoms with Crippen LogP contribution in [0.2, 0.25) is 0 Å². The van der Waals surface area contributed by atoms with Crippen LogP contribution in [0.1, 0.15) is 13.8 Å². The van der Waals surface area contributed by atoms with Crippen molar-refractivity contribution in [3.63, 3.8) is 0 Å². The van der Waals surface area contributed by atoms with Crippen LogP contribution in [0.5, 0.6) is 0 Å². The average molecular weight is 178 g/mol. The van der Waals surface area contributed by atoms with Gasteiger partial charge in [0.2, 0.25) is 0 Å². The minimum atomic E-state index is 0.424. The molecular weight excluding hydrogens is 171 g/mol. The molecule has 0 aliphatic carbocycles. The number of rotatable bonds is 1. The third-order valence-electron chi connectivity index (χ3n) is 0.236. The molecule has 0 atom stereocenters. The Morgan fingerprint density at radius 1 is 1.60 bits per heavy atom. The fourth-order valence-electron chi connectivity index (χ4n) is 0. The van der Waals surface area contributed by atoms with Gasteiger partial charge in [-0.1, -0.05) is 0 Å². The van der Waals surface area contributed by atoms with E-state index in [1.54, 1.807) is 0 Å². The van der Waals surface area contributed by atoms with Crippen LogP contribution in [0.4, 0.5) is 0 Å². The van der Waals surface area contributed by atoms with Crippen molar-refractivity contribution in [2.24, 2.45) is 0 Å². The standard InChI is InChI=1S/C3H7O.Sn/c1-3(2)4;/h3H,1-2H3;/q-1;+4. The van der Waals surface area contributed by atoms with Gasteiger partial charge in [-0.25, -0.2) is 0 Å². The summed E-state index contributed by atoms with van der Waals surface area (Å²) in [5.74, 6) is 0. The van der Waals surface area contributed by atoms with Crippen molar-refractivity contribution in [3.8, 4) is 0 Å². The van der Waals surface area contributed by atoms with E-state index in [9.17, 15) is 0 Å². The first-order valence-corrected chi connectivity index (χ1v) is 2.76. The van der Waals surface area contributed by atoms with Crippen molar-refractivity contribution in [1.82, 2.24) is 0 Å². The molecule has 0 unspecified atom stereocenters. The summed E-state index contributed by atoms with van der Waals surface area (Å²) in [6.07, 6.45) is 0.424. The molecule has 26 valence electrons. The second-order valence-corrected chi connectivity index (χ2v) is 1.84. The summed E-state index contributed by atoms with van der Waals surface area (Å²) >= 11 is 1.16. The maximum atomic E-state index is 4.84. The maximum absolute atomic E-state index is 4.84. The van der Waals surface area contributed by atoms with Gasteiger partial charge >= 0.3 is 46.0 Å². The van der Waals surface area contributed by atoms with Crippen molar-refractivity contribution in [2.45, 2.75) is 20.0 Å². The molecule has 0 saturated carbocycles. The Labute approximate surface area is 46.3 Å². The molecule has 2 heteroatoms. The Morgan fingerprint density at radius 2 is 1.80 bits per heavy atom. The zero-order chi connectivity index (χ0) is 4.28. The van der Waals surface area contributed by atoms with E-state index < -0.39 is 0 Å². The van der Waals surface area contributed by atoms with E-state index in [4.69, 9.17) is 3.07 Å². The normalized spacial score (nSPS) is 9.80. The van der Waals surface area contributed by atoms with Crippen LogP contribution in [0.25, 0.3) is 0 Å². The van der Waals surface area contributed by atoms with E-state index in [1.165, 1.54) is 0 Å². The summed E-state index contributed by atoms with van der Waals surface area (Å²) < 4.78 is 4.84. The third-order valence-corrected chi connectivity index (χ3v) is 1.58. The average Bonchev–Trinajstić information content (AvgIpc) is 1.38. The molecule has 0 aromatic carbocycles. The summed E-state index contributed by atoms with van der Waals surface area (Å²) in [5, 5.41) is 0. The predicted octanol–water partition coefficient (Wildman–Crippen LogP) is 0.495. The van der Waals surface area contributed by atoms with E-state index in [-0.39, 0.29) is 0 Å². The van der Waals surface area contributed by atoms with Gasteiger partial charge in [-0.3, -0.25) is 0 Å². The summed E-state index contributed by atoms with van der Waals surface area (Å²) in [6.45, 7) is 4.04. The Kier molecular flexibility index (Phi) is 3.42. The topological polar surface area (TPSA) is 9.23 Å². The van der Waals surface area contributed by atoms with Gasteiger partial charge in [0.25, 0.3) is 0 Å². The Bertz CT molecular complexity index is 20.9. The summed E-state index contributed by atoms with van der Waals surface area (Å²) in [6, 6.07) is 0. The van der Waals surface area contributed by atoms with Crippen LogP contribution in [0.15, 0.2) is 0 Å². The van der Waals surface area contributed by atoms with E-state index in [1.807, 2.05) is 13.8 Å². The zero-order valence-corrected chi connectivity index (χ0v) is 6.34. The van der Waals surface area contributed by atoms with Crippen LogP contribution in [-0.2, 0) is 3.07 Å². The first-order valence-electron chi connectivity index (χ1n) is 1.59. The molecule has 0 fully saturated rings. The number of hydrogen-bond acceptors (Lipinski definition) is 1. The van der Waals surface area contributed by atoms with E-state index >= 15 is 0 Å². The Hall–Kier alpha value is 0.759. The van der Waals surface area contributed by atoms with Crippen LogP contribution in [0.3, 0.4) is 0 Å². The molecule has 0 aliphatic rings. The zero-order valence-electron chi connectivity index (χ0n) is 3.49. The molecule has 0 aromatic rings. The molecular formula is C3H7OSn+3. The predicted molar refractivity (Wildman–Crippen MR) is 22.0 cm³/mol. The molecule has 0 rings (SSSR count). The molecule has 0 N–H and O–H groups in total.